The fourth-order valence-electron chi connectivity index (χ4n) is 3.20. The van der Waals surface area contributed by atoms with E-state index < -0.39 is 0 Å². The van der Waals surface area contributed by atoms with Crippen LogP contribution in [0.5, 0.6) is 5.75 Å². The summed E-state index contributed by atoms with van der Waals surface area (Å²) in [5.41, 5.74) is 5.10. The molecule has 1 aromatic heterocycles. The first-order valence-electron chi connectivity index (χ1n) is 8.32. The van der Waals surface area contributed by atoms with Crippen LogP contribution in [0.4, 0.5) is 5.69 Å². The number of aromatic amines is 1. The lowest BCUT2D eigenvalue weighted by Gasteiger charge is -2.24. The summed E-state index contributed by atoms with van der Waals surface area (Å²) in [7, 11) is 0. The zero-order chi connectivity index (χ0) is 17.2. The normalized spacial score (nSPS) is 16.0. The standard InChI is InChI=1S/C20H19N3O2/c1-13-8-17(6-7-18(13)16-10-21-22-11-16)23-20(24)15-9-14-4-2-3-5-19(14)25-12-15/h2-8,10-11,15H,9,12H2,1H3,(H,21,22)(H,23,24). The third-order valence-electron chi connectivity index (χ3n) is 4.55. The molecule has 2 N–H and O–H groups in total. The predicted molar refractivity (Wildman–Crippen MR) is 96.5 cm³/mol. The first-order chi connectivity index (χ1) is 12.2. The Hall–Kier alpha value is -3.08. The van der Waals surface area contributed by atoms with Gasteiger partial charge in [-0.3, -0.25) is 9.89 Å². The van der Waals surface area contributed by atoms with Crippen LogP contribution in [-0.4, -0.2) is 22.7 Å². The molecule has 1 aliphatic heterocycles. The lowest BCUT2D eigenvalue weighted by Crippen LogP contribution is -2.32. The number of para-hydroxylation sites is 1. The number of rotatable bonds is 3. The van der Waals surface area contributed by atoms with E-state index in [2.05, 4.69) is 15.5 Å². The molecular weight excluding hydrogens is 314 g/mol. The number of carbonyl (C=O) groups excluding carboxylic acids is 1. The van der Waals surface area contributed by atoms with Crippen LogP contribution < -0.4 is 10.1 Å². The number of aromatic nitrogens is 2. The van der Waals surface area contributed by atoms with Crippen LogP contribution in [0.2, 0.25) is 0 Å². The molecule has 126 valence electrons. The van der Waals surface area contributed by atoms with Gasteiger partial charge in [0.2, 0.25) is 5.91 Å². The van der Waals surface area contributed by atoms with E-state index in [-0.39, 0.29) is 11.8 Å². The molecule has 0 fully saturated rings. The molecule has 4 rings (SSSR count). The van der Waals surface area contributed by atoms with Crippen molar-refractivity contribution in [1.82, 2.24) is 10.2 Å². The van der Waals surface area contributed by atoms with Crippen molar-refractivity contribution in [3.63, 3.8) is 0 Å². The Morgan fingerprint density at radius 1 is 1.28 bits per heavy atom. The first kappa shape index (κ1) is 15.4. The number of H-pyrrole nitrogens is 1. The van der Waals surface area contributed by atoms with E-state index >= 15 is 0 Å². The molecule has 0 bridgehead atoms. The van der Waals surface area contributed by atoms with E-state index in [1.54, 1.807) is 6.20 Å². The van der Waals surface area contributed by atoms with E-state index in [0.29, 0.717) is 13.0 Å². The summed E-state index contributed by atoms with van der Waals surface area (Å²) in [6.07, 6.45) is 4.35. The summed E-state index contributed by atoms with van der Waals surface area (Å²) in [5, 5.41) is 9.81. The Morgan fingerprint density at radius 2 is 2.16 bits per heavy atom. The largest absolute Gasteiger partial charge is 0.492 e. The highest BCUT2D eigenvalue weighted by Gasteiger charge is 2.25. The summed E-state index contributed by atoms with van der Waals surface area (Å²) in [4.78, 5) is 12.6. The van der Waals surface area contributed by atoms with Crippen molar-refractivity contribution < 1.29 is 9.53 Å². The van der Waals surface area contributed by atoms with Gasteiger partial charge >= 0.3 is 0 Å². The topological polar surface area (TPSA) is 67.0 Å². The second kappa shape index (κ2) is 6.43. The molecular formula is C20H19N3O2. The Kier molecular flexibility index (Phi) is 3.98. The highest BCUT2D eigenvalue weighted by Crippen LogP contribution is 2.28. The number of benzene rings is 2. The molecule has 5 heteroatoms. The second-order valence-corrected chi connectivity index (χ2v) is 6.33. The summed E-state index contributed by atoms with van der Waals surface area (Å²) in [6.45, 7) is 2.44. The highest BCUT2D eigenvalue weighted by molar-refractivity contribution is 5.93. The zero-order valence-corrected chi connectivity index (χ0v) is 14.0. The minimum absolute atomic E-state index is 0.00929. The number of anilines is 1. The van der Waals surface area contributed by atoms with Crippen molar-refractivity contribution in [3.05, 3.63) is 66.0 Å². The number of carbonyl (C=O) groups is 1. The molecule has 25 heavy (non-hydrogen) atoms. The average Bonchev–Trinajstić information content (AvgIpc) is 3.15. The van der Waals surface area contributed by atoms with Gasteiger partial charge in [-0.25, -0.2) is 0 Å². The van der Waals surface area contributed by atoms with Crippen LogP contribution in [0.3, 0.4) is 0 Å². The molecule has 1 amide bonds. The molecule has 1 unspecified atom stereocenters. The molecule has 1 atom stereocenters. The number of aryl methyl sites for hydroxylation is 1. The summed E-state index contributed by atoms with van der Waals surface area (Å²) < 4.78 is 5.72. The molecule has 2 heterocycles. The maximum absolute atomic E-state index is 12.6. The Labute approximate surface area is 146 Å². The second-order valence-electron chi connectivity index (χ2n) is 6.33. The monoisotopic (exact) mass is 333 g/mol. The van der Waals surface area contributed by atoms with Gasteiger partial charge in [0, 0.05) is 17.4 Å². The van der Waals surface area contributed by atoms with E-state index in [0.717, 1.165) is 33.7 Å². The number of nitrogens with one attached hydrogen (secondary N) is 2. The minimum atomic E-state index is -0.177. The molecule has 3 aromatic rings. The van der Waals surface area contributed by atoms with E-state index in [4.69, 9.17) is 4.74 Å². The van der Waals surface area contributed by atoms with Crippen molar-refractivity contribution in [2.75, 3.05) is 11.9 Å². The average molecular weight is 333 g/mol. The Morgan fingerprint density at radius 3 is 2.96 bits per heavy atom. The number of hydrogen-bond acceptors (Lipinski definition) is 3. The molecule has 5 nitrogen and oxygen atoms in total. The number of ether oxygens (including phenoxy) is 1. The van der Waals surface area contributed by atoms with Crippen molar-refractivity contribution in [3.8, 4) is 16.9 Å². The van der Waals surface area contributed by atoms with Gasteiger partial charge in [-0.15, -0.1) is 0 Å². The van der Waals surface area contributed by atoms with Crippen molar-refractivity contribution in [2.24, 2.45) is 5.92 Å². The van der Waals surface area contributed by atoms with Crippen molar-refractivity contribution in [1.29, 1.82) is 0 Å². The summed E-state index contributed by atoms with van der Waals surface area (Å²) in [6, 6.07) is 13.8. The lowest BCUT2D eigenvalue weighted by molar-refractivity contribution is -0.121. The third-order valence-corrected chi connectivity index (χ3v) is 4.55. The highest BCUT2D eigenvalue weighted by atomic mass is 16.5. The van der Waals surface area contributed by atoms with Gasteiger partial charge in [0.1, 0.15) is 12.4 Å². The van der Waals surface area contributed by atoms with Crippen LogP contribution in [0.15, 0.2) is 54.9 Å². The van der Waals surface area contributed by atoms with E-state index in [1.165, 1.54) is 0 Å². The lowest BCUT2D eigenvalue weighted by atomic mass is 9.96. The Balaban J connectivity index is 1.47. The van der Waals surface area contributed by atoms with Crippen LogP contribution in [0.1, 0.15) is 11.1 Å². The molecule has 0 spiro atoms. The number of hydrogen-bond donors (Lipinski definition) is 2. The van der Waals surface area contributed by atoms with E-state index in [9.17, 15) is 4.79 Å². The fraction of sp³-hybridized carbons (Fsp3) is 0.200. The first-order valence-corrected chi connectivity index (χ1v) is 8.32. The molecule has 0 aliphatic carbocycles. The minimum Gasteiger partial charge on any atom is -0.492 e. The maximum atomic E-state index is 12.6. The molecule has 0 saturated heterocycles. The van der Waals surface area contributed by atoms with Gasteiger partial charge < -0.3 is 10.1 Å². The molecule has 0 saturated carbocycles. The van der Waals surface area contributed by atoms with Crippen LogP contribution in [0, 0.1) is 12.8 Å². The number of amides is 1. The molecule has 2 aromatic carbocycles. The number of fused-ring (bicyclic) bond motifs is 1. The maximum Gasteiger partial charge on any atom is 0.231 e. The van der Waals surface area contributed by atoms with Crippen LogP contribution >= 0.6 is 0 Å². The van der Waals surface area contributed by atoms with Crippen molar-refractivity contribution >= 4 is 11.6 Å². The van der Waals surface area contributed by atoms with Gasteiger partial charge in [-0.2, -0.15) is 5.10 Å². The smallest absolute Gasteiger partial charge is 0.231 e. The van der Waals surface area contributed by atoms with Gasteiger partial charge in [0.05, 0.1) is 12.1 Å². The summed E-state index contributed by atoms with van der Waals surface area (Å²) in [5.74, 6) is 0.695. The van der Waals surface area contributed by atoms with Gasteiger partial charge in [-0.05, 0) is 48.2 Å². The summed E-state index contributed by atoms with van der Waals surface area (Å²) >= 11 is 0. The molecule has 0 radical (unpaired) electrons. The fourth-order valence-corrected chi connectivity index (χ4v) is 3.20. The predicted octanol–water partition coefficient (Wildman–Crippen LogP) is 3.57. The zero-order valence-electron chi connectivity index (χ0n) is 14.0. The third kappa shape index (κ3) is 3.13. The van der Waals surface area contributed by atoms with Crippen LogP contribution in [-0.2, 0) is 11.2 Å². The van der Waals surface area contributed by atoms with Gasteiger partial charge in [0.25, 0.3) is 0 Å². The quantitative estimate of drug-likeness (QED) is 0.770. The van der Waals surface area contributed by atoms with Crippen LogP contribution in [0.25, 0.3) is 11.1 Å². The van der Waals surface area contributed by atoms with E-state index in [1.807, 2.05) is 55.6 Å². The van der Waals surface area contributed by atoms with Crippen molar-refractivity contribution in [2.45, 2.75) is 13.3 Å². The van der Waals surface area contributed by atoms with Gasteiger partial charge in [0.15, 0.2) is 0 Å². The number of nitrogens with zero attached hydrogens (tertiary/aromatic N) is 1. The SMILES string of the molecule is Cc1cc(NC(=O)C2COc3ccccc3C2)ccc1-c1cn[nH]c1. The molecule has 1 aliphatic rings. The van der Waals surface area contributed by atoms with Gasteiger partial charge in [-0.1, -0.05) is 24.3 Å². The Bertz CT molecular complexity index is 903.